The molecular weight excluding hydrogens is 506 g/mol. The van der Waals surface area contributed by atoms with Crippen LogP contribution >= 0.6 is 0 Å². The highest BCUT2D eigenvalue weighted by Gasteiger charge is 2.40. The van der Waals surface area contributed by atoms with Crippen molar-refractivity contribution >= 4 is 23.6 Å². The number of para-hydroxylation sites is 1. The van der Waals surface area contributed by atoms with Crippen molar-refractivity contribution in [1.29, 1.82) is 0 Å². The Morgan fingerprint density at radius 2 is 1.55 bits per heavy atom. The molecule has 3 N–H and O–H groups in total. The Hall–Kier alpha value is -3.55. The third-order valence-electron chi connectivity index (χ3n) is 7.26. The molecule has 0 heterocycles. The first kappa shape index (κ1) is 32.7. The van der Waals surface area contributed by atoms with Crippen molar-refractivity contribution in [2.75, 3.05) is 5.32 Å². The number of aryl methyl sites for hydroxylation is 3. The van der Waals surface area contributed by atoms with Crippen LogP contribution in [0.15, 0.2) is 36.4 Å². The van der Waals surface area contributed by atoms with Gasteiger partial charge in [0.2, 0.25) is 5.91 Å². The molecule has 220 valence electrons. The lowest BCUT2D eigenvalue weighted by atomic mass is 9.93. The Bertz CT molecular complexity index is 1180. The van der Waals surface area contributed by atoms with Gasteiger partial charge in [0.05, 0.1) is 0 Å². The number of anilines is 1. The molecule has 0 saturated heterocycles. The van der Waals surface area contributed by atoms with Crippen LogP contribution in [0.3, 0.4) is 0 Å². The summed E-state index contributed by atoms with van der Waals surface area (Å²) in [6, 6.07) is 8.42. The molecule has 0 aliphatic carbocycles. The summed E-state index contributed by atoms with van der Waals surface area (Å²) in [5, 5.41) is 16.1. The molecule has 8 nitrogen and oxygen atoms in total. The van der Waals surface area contributed by atoms with E-state index in [2.05, 4.69) is 10.6 Å². The van der Waals surface area contributed by atoms with E-state index in [1.54, 1.807) is 44.7 Å². The average Bonchev–Trinajstić information content (AvgIpc) is 2.87. The minimum absolute atomic E-state index is 0.100. The lowest BCUT2D eigenvalue weighted by Gasteiger charge is -2.39. The van der Waals surface area contributed by atoms with Crippen LogP contribution in [0.1, 0.15) is 89.6 Å². The van der Waals surface area contributed by atoms with Gasteiger partial charge in [-0.15, -0.1) is 0 Å². The van der Waals surface area contributed by atoms with Gasteiger partial charge < -0.3 is 25.4 Å². The van der Waals surface area contributed by atoms with Gasteiger partial charge in [-0.2, -0.15) is 0 Å². The number of nitrogens with one attached hydrogen (secondary N) is 2. The van der Waals surface area contributed by atoms with Crippen LogP contribution < -0.4 is 10.6 Å². The van der Waals surface area contributed by atoms with E-state index < -0.39 is 23.8 Å². The summed E-state index contributed by atoms with van der Waals surface area (Å²) in [5.41, 5.74) is 2.91. The number of rotatable bonds is 10. The highest BCUT2D eigenvalue weighted by molar-refractivity contribution is 6.00. The van der Waals surface area contributed by atoms with E-state index in [0.717, 1.165) is 11.1 Å². The molecule has 3 amide bonds. The van der Waals surface area contributed by atoms with Gasteiger partial charge in [-0.1, -0.05) is 51.5 Å². The number of ether oxygens (including phenoxy) is 1. The van der Waals surface area contributed by atoms with Gasteiger partial charge in [0.25, 0.3) is 5.91 Å². The first-order valence-electron chi connectivity index (χ1n) is 14.1. The average molecular weight is 554 g/mol. The zero-order chi connectivity index (χ0) is 30.4. The monoisotopic (exact) mass is 553 g/mol. The molecule has 8 heteroatoms. The van der Waals surface area contributed by atoms with Crippen LogP contribution in [-0.4, -0.2) is 45.6 Å². The number of carbonyl (C=O) groups is 3. The van der Waals surface area contributed by atoms with Gasteiger partial charge in [0, 0.05) is 11.7 Å². The van der Waals surface area contributed by atoms with Gasteiger partial charge >= 0.3 is 6.09 Å². The minimum atomic E-state index is -1.02. The maximum absolute atomic E-state index is 14.4. The molecule has 4 unspecified atom stereocenters. The molecule has 0 fully saturated rings. The fourth-order valence-corrected chi connectivity index (χ4v) is 4.56. The van der Waals surface area contributed by atoms with Crippen LogP contribution in [-0.2, 0) is 14.3 Å². The zero-order valence-electron chi connectivity index (χ0n) is 25.7. The van der Waals surface area contributed by atoms with Crippen molar-refractivity contribution in [3.63, 3.8) is 0 Å². The van der Waals surface area contributed by atoms with E-state index in [0.29, 0.717) is 29.7 Å². The van der Waals surface area contributed by atoms with Crippen LogP contribution in [0.5, 0.6) is 5.75 Å². The summed E-state index contributed by atoms with van der Waals surface area (Å²) in [6.07, 6.45) is 0.514. The second kappa shape index (κ2) is 13.7. The van der Waals surface area contributed by atoms with E-state index in [-0.39, 0.29) is 29.5 Å². The molecule has 0 radical (unpaired) electrons. The molecule has 2 aromatic carbocycles. The highest BCUT2D eigenvalue weighted by Crippen LogP contribution is 2.32. The zero-order valence-corrected chi connectivity index (χ0v) is 25.7. The quantitative estimate of drug-likeness (QED) is 0.309. The molecule has 0 aromatic heterocycles. The van der Waals surface area contributed by atoms with Gasteiger partial charge in [0.1, 0.15) is 23.4 Å². The number of phenolic OH excluding ortho intramolecular Hbond substituents is 1. The number of benzene rings is 2. The lowest BCUT2D eigenvalue weighted by molar-refractivity contribution is -0.144. The molecule has 0 spiro atoms. The third-order valence-corrected chi connectivity index (χ3v) is 7.26. The Kier molecular flexibility index (Phi) is 11.2. The summed E-state index contributed by atoms with van der Waals surface area (Å²) >= 11 is 0. The van der Waals surface area contributed by atoms with Gasteiger partial charge in [-0.05, 0) is 95.2 Å². The van der Waals surface area contributed by atoms with Gasteiger partial charge in [-0.25, -0.2) is 4.79 Å². The largest absolute Gasteiger partial charge is 0.508 e. The summed E-state index contributed by atoms with van der Waals surface area (Å²) < 4.78 is 5.48. The van der Waals surface area contributed by atoms with Gasteiger partial charge in [-0.3, -0.25) is 9.59 Å². The summed E-state index contributed by atoms with van der Waals surface area (Å²) in [4.78, 5) is 43.0. The number of nitrogens with zero attached hydrogens (tertiary/aromatic N) is 1. The van der Waals surface area contributed by atoms with E-state index in [4.69, 9.17) is 4.74 Å². The molecule has 4 atom stereocenters. The first-order chi connectivity index (χ1) is 18.6. The van der Waals surface area contributed by atoms with Crippen molar-refractivity contribution < 1.29 is 24.2 Å². The molecule has 2 aromatic rings. The second-order valence-corrected chi connectivity index (χ2v) is 11.7. The number of hydrogen-bond acceptors (Lipinski definition) is 5. The van der Waals surface area contributed by atoms with Gasteiger partial charge in [0.15, 0.2) is 0 Å². The number of aromatic hydroxyl groups is 1. The predicted octanol–water partition coefficient (Wildman–Crippen LogP) is 6.56. The first-order valence-corrected chi connectivity index (χ1v) is 14.1. The molecule has 40 heavy (non-hydrogen) atoms. The number of alkyl carbamates (subject to hydrolysis) is 1. The maximum Gasteiger partial charge on any atom is 0.408 e. The normalized spacial score (nSPS) is 14.4. The summed E-state index contributed by atoms with van der Waals surface area (Å²) in [7, 11) is 0. The molecule has 0 saturated carbocycles. The minimum Gasteiger partial charge on any atom is -0.508 e. The molecule has 2 rings (SSSR count). The second-order valence-electron chi connectivity index (χ2n) is 11.7. The highest BCUT2D eigenvalue weighted by atomic mass is 16.6. The number of phenols is 1. The fraction of sp³-hybridized carbons (Fsp3) is 0.531. The molecular formula is C32H47N3O5. The Morgan fingerprint density at radius 3 is 2.05 bits per heavy atom. The van der Waals surface area contributed by atoms with Crippen molar-refractivity contribution in [1.82, 2.24) is 10.2 Å². The number of hydrogen-bond donors (Lipinski definition) is 3. The van der Waals surface area contributed by atoms with Crippen LogP contribution in [0.4, 0.5) is 10.5 Å². The van der Waals surface area contributed by atoms with E-state index >= 15 is 0 Å². The van der Waals surface area contributed by atoms with E-state index in [1.807, 2.05) is 59.7 Å². The fourth-order valence-electron chi connectivity index (χ4n) is 4.56. The standard InChI is InChI=1S/C32H47N3O5/c1-11-19(3)27(34-31(39)40-32(8,9)10)30(38)35(23(7)12-2)28(24-16-17-25(36)22(6)18-24)29(37)33-26-20(4)14-13-15-21(26)5/h13-19,23,27-28,36H,11-12H2,1-10H3,(H,33,37)(H,34,39). The van der Waals surface area contributed by atoms with Crippen molar-refractivity contribution in [3.05, 3.63) is 58.7 Å². The topological polar surface area (TPSA) is 108 Å². The van der Waals surface area contributed by atoms with Crippen molar-refractivity contribution in [2.24, 2.45) is 5.92 Å². The van der Waals surface area contributed by atoms with Crippen LogP contribution in [0.2, 0.25) is 0 Å². The SMILES string of the molecule is CCC(C)C(NC(=O)OC(C)(C)C)C(=O)N(C(C)CC)C(C(=O)Nc1c(C)cccc1C)c1ccc(O)c(C)c1. The molecule has 0 aliphatic rings. The van der Waals surface area contributed by atoms with Crippen molar-refractivity contribution in [2.45, 2.75) is 106 Å². The Morgan fingerprint density at radius 1 is 0.950 bits per heavy atom. The van der Waals surface area contributed by atoms with Crippen molar-refractivity contribution in [3.8, 4) is 5.75 Å². The number of amides is 3. The smallest absolute Gasteiger partial charge is 0.408 e. The molecule has 0 aliphatic heterocycles. The Balaban J connectivity index is 2.67. The summed E-state index contributed by atoms with van der Waals surface area (Å²) in [6.45, 7) is 18.6. The van der Waals surface area contributed by atoms with Crippen LogP contribution in [0.25, 0.3) is 0 Å². The molecule has 0 bridgehead atoms. The lowest BCUT2D eigenvalue weighted by Crippen LogP contribution is -2.56. The third kappa shape index (κ3) is 8.23. The van der Waals surface area contributed by atoms with Crippen LogP contribution in [0, 0.1) is 26.7 Å². The summed E-state index contributed by atoms with van der Waals surface area (Å²) in [5.74, 6) is -0.878. The predicted molar refractivity (Wildman–Crippen MR) is 159 cm³/mol. The van der Waals surface area contributed by atoms with E-state index in [9.17, 15) is 19.5 Å². The van der Waals surface area contributed by atoms with E-state index in [1.165, 1.54) is 6.07 Å². The number of carbonyl (C=O) groups excluding carboxylic acids is 3. The maximum atomic E-state index is 14.4. The Labute approximate surface area is 239 Å².